The van der Waals surface area contributed by atoms with Gasteiger partial charge in [0, 0.05) is 30.3 Å². The van der Waals surface area contributed by atoms with Gasteiger partial charge in [-0.15, -0.1) is 0 Å². The average molecular weight is 298 g/mol. The highest BCUT2D eigenvalue weighted by Crippen LogP contribution is 2.26. The van der Waals surface area contributed by atoms with Crippen molar-refractivity contribution in [1.82, 2.24) is 10.3 Å². The van der Waals surface area contributed by atoms with Crippen molar-refractivity contribution in [2.45, 2.75) is 6.42 Å². The Bertz CT molecular complexity index is 672. The minimum atomic E-state index is -0.125. The highest BCUT2D eigenvalue weighted by atomic mass is 16.5. The topological polar surface area (TPSA) is 60.5 Å². The predicted molar refractivity (Wildman–Crippen MR) is 82.3 cm³/mol. The van der Waals surface area contributed by atoms with Crippen LogP contribution < -0.4 is 14.8 Å². The van der Waals surface area contributed by atoms with Gasteiger partial charge >= 0.3 is 0 Å². The van der Waals surface area contributed by atoms with E-state index in [4.69, 9.17) is 9.47 Å². The summed E-state index contributed by atoms with van der Waals surface area (Å²) in [5.41, 5.74) is 1.74. The zero-order valence-corrected chi connectivity index (χ0v) is 12.4. The van der Waals surface area contributed by atoms with E-state index in [1.165, 1.54) is 12.7 Å². The third kappa shape index (κ3) is 3.19. The number of nitrogens with zero attached hydrogens (tertiary/aromatic N) is 1. The van der Waals surface area contributed by atoms with E-state index < -0.39 is 0 Å². The van der Waals surface area contributed by atoms with Gasteiger partial charge in [0.25, 0.3) is 5.91 Å². The van der Waals surface area contributed by atoms with Crippen LogP contribution >= 0.6 is 0 Å². The Kier molecular flexibility index (Phi) is 4.23. The lowest BCUT2D eigenvalue weighted by Crippen LogP contribution is -2.34. The molecular formula is C17H18N2O3. The first-order valence-corrected chi connectivity index (χ1v) is 7.25. The molecule has 1 aromatic carbocycles. The molecule has 0 aliphatic carbocycles. The van der Waals surface area contributed by atoms with Crippen LogP contribution in [0.1, 0.15) is 15.9 Å². The van der Waals surface area contributed by atoms with Crippen molar-refractivity contribution in [3.8, 4) is 11.6 Å². The number of carbonyl (C=O) groups excluding carboxylic acids is 1. The van der Waals surface area contributed by atoms with E-state index in [1.54, 1.807) is 18.3 Å². The maximum atomic E-state index is 12.2. The number of amides is 1. The molecule has 1 unspecified atom stereocenters. The summed E-state index contributed by atoms with van der Waals surface area (Å²) in [6.07, 6.45) is 2.48. The SMILES string of the molecule is COc1cc(C(=O)NCC2COc3ccccc3C2)ccn1. The van der Waals surface area contributed by atoms with Gasteiger partial charge in [0.2, 0.25) is 5.88 Å². The van der Waals surface area contributed by atoms with Crippen LogP contribution in [0.2, 0.25) is 0 Å². The lowest BCUT2D eigenvalue weighted by atomic mass is 9.96. The summed E-state index contributed by atoms with van der Waals surface area (Å²) in [6.45, 7) is 1.20. The van der Waals surface area contributed by atoms with Crippen molar-refractivity contribution in [2.75, 3.05) is 20.3 Å². The third-order valence-electron chi connectivity index (χ3n) is 3.71. The molecule has 2 heterocycles. The number of fused-ring (bicyclic) bond motifs is 1. The quantitative estimate of drug-likeness (QED) is 0.938. The largest absolute Gasteiger partial charge is 0.493 e. The Labute approximate surface area is 129 Å². The molecule has 1 aliphatic rings. The van der Waals surface area contributed by atoms with Gasteiger partial charge in [-0.2, -0.15) is 0 Å². The summed E-state index contributed by atoms with van der Waals surface area (Å²) in [5, 5.41) is 2.95. The summed E-state index contributed by atoms with van der Waals surface area (Å²) in [7, 11) is 1.53. The van der Waals surface area contributed by atoms with E-state index in [1.807, 2.05) is 18.2 Å². The molecule has 22 heavy (non-hydrogen) atoms. The van der Waals surface area contributed by atoms with Crippen LogP contribution in [-0.4, -0.2) is 31.2 Å². The fourth-order valence-corrected chi connectivity index (χ4v) is 2.52. The number of para-hydroxylation sites is 1. The molecule has 5 heteroatoms. The lowest BCUT2D eigenvalue weighted by molar-refractivity contribution is 0.0938. The third-order valence-corrected chi connectivity index (χ3v) is 3.71. The van der Waals surface area contributed by atoms with E-state index in [-0.39, 0.29) is 11.8 Å². The molecule has 2 aromatic rings. The molecule has 0 bridgehead atoms. The number of ether oxygens (including phenoxy) is 2. The number of aromatic nitrogens is 1. The minimum absolute atomic E-state index is 0.125. The number of rotatable bonds is 4. The Morgan fingerprint density at radius 3 is 3.14 bits per heavy atom. The van der Waals surface area contributed by atoms with Crippen LogP contribution in [0.4, 0.5) is 0 Å². The summed E-state index contributed by atoms with van der Waals surface area (Å²) in [6, 6.07) is 11.3. The molecule has 0 fully saturated rings. The van der Waals surface area contributed by atoms with Gasteiger partial charge < -0.3 is 14.8 Å². The Hall–Kier alpha value is -2.56. The lowest BCUT2D eigenvalue weighted by Gasteiger charge is -2.25. The second-order valence-electron chi connectivity index (χ2n) is 5.29. The van der Waals surface area contributed by atoms with E-state index in [0.717, 1.165) is 12.2 Å². The van der Waals surface area contributed by atoms with E-state index in [2.05, 4.69) is 16.4 Å². The number of carbonyl (C=O) groups is 1. The van der Waals surface area contributed by atoms with Crippen molar-refractivity contribution >= 4 is 5.91 Å². The molecule has 0 radical (unpaired) electrons. The van der Waals surface area contributed by atoms with Gasteiger partial charge in [-0.05, 0) is 24.1 Å². The van der Waals surface area contributed by atoms with E-state index in [9.17, 15) is 4.79 Å². The van der Waals surface area contributed by atoms with Crippen molar-refractivity contribution < 1.29 is 14.3 Å². The molecule has 1 N–H and O–H groups in total. The number of hydrogen-bond donors (Lipinski definition) is 1. The zero-order valence-electron chi connectivity index (χ0n) is 12.4. The Morgan fingerprint density at radius 1 is 1.41 bits per heavy atom. The molecule has 1 atom stereocenters. The van der Waals surface area contributed by atoms with Crippen LogP contribution in [0.15, 0.2) is 42.6 Å². The fraction of sp³-hybridized carbons (Fsp3) is 0.294. The Balaban J connectivity index is 1.58. The van der Waals surface area contributed by atoms with Crippen molar-refractivity contribution in [3.63, 3.8) is 0 Å². The van der Waals surface area contributed by atoms with Gasteiger partial charge in [0.15, 0.2) is 0 Å². The maximum Gasteiger partial charge on any atom is 0.251 e. The number of nitrogens with one attached hydrogen (secondary N) is 1. The van der Waals surface area contributed by atoms with E-state index in [0.29, 0.717) is 24.6 Å². The predicted octanol–water partition coefficient (Wildman–Crippen LogP) is 2.07. The number of pyridine rings is 1. The molecule has 0 saturated heterocycles. The monoisotopic (exact) mass is 298 g/mol. The highest BCUT2D eigenvalue weighted by molar-refractivity contribution is 5.94. The summed E-state index contributed by atoms with van der Waals surface area (Å²) in [5.74, 6) is 1.54. The first-order valence-electron chi connectivity index (χ1n) is 7.25. The molecule has 114 valence electrons. The minimum Gasteiger partial charge on any atom is -0.493 e. The number of benzene rings is 1. The smallest absolute Gasteiger partial charge is 0.251 e. The second-order valence-corrected chi connectivity index (χ2v) is 5.29. The van der Waals surface area contributed by atoms with Crippen molar-refractivity contribution in [3.05, 3.63) is 53.7 Å². The van der Waals surface area contributed by atoms with E-state index >= 15 is 0 Å². The van der Waals surface area contributed by atoms with Gasteiger partial charge in [0.05, 0.1) is 13.7 Å². The van der Waals surface area contributed by atoms with Gasteiger partial charge in [0.1, 0.15) is 5.75 Å². The Morgan fingerprint density at radius 2 is 2.27 bits per heavy atom. The zero-order chi connectivity index (χ0) is 15.4. The normalized spacial score (nSPS) is 16.3. The van der Waals surface area contributed by atoms with Crippen LogP contribution in [0.3, 0.4) is 0 Å². The first kappa shape index (κ1) is 14.4. The van der Waals surface area contributed by atoms with Crippen LogP contribution in [0.5, 0.6) is 11.6 Å². The number of hydrogen-bond acceptors (Lipinski definition) is 4. The highest BCUT2D eigenvalue weighted by Gasteiger charge is 2.20. The van der Waals surface area contributed by atoms with Crippen molar-refractivity contribution in [1.29, 1.82) is 0 Å². The average Bonchev–Trinajstić information content (AvgIpc) is 2.59. The molecule has 1 aromatic heterocycles. The standard InChI is InChI=1S/C17H18N2O3/c1-21-16-9-14(6-7-18-16)17(20)19-10-12-8-13-4-2-3-5-15(13)22-11-12/h2-7,9,12H,8,10-11H2,1H3,(H,19,20). The molecule has 1 amide bonds. The van der Waals surface area contributed by atoms with Crippen LogP contribution in [-0.2, 0) is 6.42 Å². The molecular weight excluding hydrogens is 280 g/mol. The molecule has 5 nitrogen and oxygen atoms in total. The second kappa shape index (κ2) is 6.47. The van der Waals surface area contributed by atoms with Crippen molar-refractivity contribution in [2.24, 2.45) is 5.92 Å². The van der Waals surface area contributed by atoms with Gasteiger partial charge in [-0.1, -0.05) is 18.2 Å². The first-order chi connectivity index (χ1) is 10.8. The van der Waals surface area contributed by atoms with Gasteiger partial charge in [-0.3, -0.25) is 4.79 Å². The van der Waals surface area contributed by atoms with Crippen LogP contribution in [0, 0.1) is 5.92 Å². The maximum absolute atomic E-state index is 12.2. The number of methoxy groups -OCH3 is 1. The van der Waals surface area contributed by atoms with Gasteiger partial charge in [-0.25, -0.2) is 4.98 Å². The summed E-state index contributed by atoms with van der Waals surface area (Å²) >= 11 is 0. The van der Waals surface area contributed by atoms with Crippen LogP contribution in [0.25, 0.3) is 0 Å². The molecule has 3 rings (SSSR count). The molecule has 1 aliphatic heterocycles. The molecule has 0 saturated carbocycles. The summed E-state index contributed by atoms with van der Waals surface area (Å²) in [4.78, 5) is 16.2. The molecule has 0 spiro atoms. The summed E-state index contributed by atoms with van der Waals surface area (Å²) < 4.78 is 10.8. The fourth-order valence-electron chi connectivity index (χ4n) is 2.52.